The van der Waals surface area contributed by atoms with E-state index in [4.69, 9.17) is 9.47 Å². The molecule has 0 radical (unpaired) electrons. The fraction of sp³-hybridized carbons (Fsp3) is 0.484. The fourth-order valence-corrected chi connectivity index (χ4v) is 4.75. The monoisotopic (exact) mass is 625 g/mol. The van der Waals surface area contributed by atoms with E-state index in [0.29, 0.717) is 23.8 Å². The van der Waals surface area contributed by atoms with Crippen molar-refractivity contribution in [3.63, 3.8) is 0 Å². The van der Waals surface area contributed by atoms with E-state index in [1.807, 2.05) is 0 Å². The van der Waals surface area contributed by atoms with Crippen molar-refractivity contribution in [2.75, 3.05) is 12.4 Å². The molecule has 8 nitrogen and oxygen atoms in total. The van der Waals surface area contributed by atoms with E-state index in [2.05, 4.69) is 15.6 Å². The number of nitrogens with one attached hydrogen (secondary N) is 2. The lowest BCUT2D eigenvalue weighted by Crippen LogP contribution is -2.48. The number of methoxy groups -OCH3 is 1. The molecule has 0 bridgehead atoms. The number of aliphatic imine (C=N–C) groups is 1. The summed E-state index contributed by atoms with van der Waals surface area (Å²) >= 11 is 0. The average molecular weight is 626 g/mol. The molecule has 1 aliphatic heterocycles. The highest BCUT2D eigenvalue weighted by atomic mass is 19.4. The van der Waals surface area contributed by atoms with Crippen LogP contribution < -0.4 is 15.4 Å². The Bertz CT molecular complexity index is 1370. The topological polar surface area (TPSA) is 106 Å². The van der Waals surface area contributed by atoms with Gasteiger partial charge in [0, 0.05) is 24.0 Å². The quantitative estimate of drug-likeness (QED) is 0.226. The summed E-state index contributed by atoms with van der Waals surface area (Å²) in [6.07, 6.45) is -10.3. The lowest BCUT2D eigenvalue weighted by molar-refractivity contribution is -0.167. The van der Waals surface area contributed by atoms with Gasteiger partial charge >= 0.3 is 12.1 Å². The van der Waals surface area contributed by atoms with Crippen molar-refractivity contribution in [3.8, 4) is 5.75 Å². The summed E-state index contributed by atoms with van der Waals surface area (Å²) in [7, 11) is 1.40. The summed E-state index contributed by atoms with van der Waals surface area (Å²) in [5, 5.41) is 5.03. The van der Waals surface area contributed by atoms with Gasteiger partial charge in [0.2, 0.25) is 18.0 Å². The second-order valence-corrected chi connectivity index (χ2v) is 11.6. The molecule has 0 aliphatic carbocycles. The van der Waals surface area contributed by atoms with Crippen molar-refractivity contribution in [2.45, 2.75) is 77.2 Å². The van der Waals surface area contributed by atoms with Crippen molar-refractivity contribution in [1.29, 1.82) is 0 Å². The number of nitrogens with zero attached hydrogens (tertiary/aromatic N) is 1. The van der Waals surface area contributed by atoms with E-state index in [1.165, 1.54) is 27.9 Å². The Balaban J connectivity index is 2.06. The van der Waals surface area contributed by atoms with Crippen molar-refractivity contribution in [3.05, 3.63) is 59.7 Å². The van der Waals surface area contributed by atoms with Crippen LogP contribution in [0.15, 0.2) is 53.5 Å². The Morgan fingerprint density at radius 2 is 1.57 bits per heavy atom. The Morgan fingerprint density at radius 3 is 2.14 bits per heavy atom. The highest BCUT2D eigenvalue weighted by Gasteiger charge is 2.42. The number of carbonyl (C=O) groups is 3. The Kier molecular flexibility index (Phi) is 10.8. The van der Waals surface area contributed by atoms with Gasteiger partial charge in [-0.25, -0.2) is 13.8 Å². The van der Waals surface area contributed by atoms with Crippen LogP contribution in [0.25, 0.3) is 0 Å². The van der Waals surface area contributed by atoms with E-state index in [1.54, 1.807) is 48.5 Å². The summed E-state index contributed by atoms with van der Waals surface area (Å²) in [4.78, 5) is 44.7. The van der Waals surface area contributed by atoms with Gasteiger partial charge in [-0.15, -0.1) is 0 Å². The van der Waals surface area contributed by atoms with Gasteiger partial charge in [0.25, 0.3) is 5.91 Å². The summed E-state index contributed by atoms with van der Waals surface area (Å²) < 4.78 is 78.6. The van der Waals surface area contributed by atoms with Gasteiger partial charge in [0.05, 0.1) is 30.3 Å². The number of amides is 2. The molecule has 13 heteroatoms. The van der Waals surface area contributed by atoms with E-state index in [9.17, 15) is 36.3 Å². The van der Waals surface area contributed by atoms with Crippen molar-refractivity contribution in [2.24, 2.45) is 16.8 Å². The van der Waals surface area contributed by atoms with Crippen LogP contribution in [0.1, 0.15) is 64.5 Å². The van der Waals surface area contributed by atoms with Crippen LogP contribution in [0.4, 0.5) is 27.6 Å². The predicted octanol–water partition coefficient (Wildman–Crippen LogP) is 6.28. The first-order valence-corrected chi connectivity index (χ1v) is 14.0. The molecule has 1 heterocycles. The number of fused-ring (bicyclic) bond motifs is 1. The van der Waals surface area contributed by atoms with Crippen LogP contribution in [-0.2, 0) is 19.1 Å². The molecular formula is C31H36F5N3O5. The van der Waals surface area contributed by atoms with Crippen molar-refractivity contribution >= 4 is 29.2 Å². The Labute approximate surface area is 252 Å². The molecule has 0 spiro atoms. The van der Waals surface area contributed by atoms with Crippen LogP contribution >= 0.6 is 0 Å². The van der Waals surface area contributed by atoms with Gasteiger partial charge in [-0.05, 0) is 46.6 Å². The number of anilines is 1. The lowest BCUT2D eigenvalue weighted by atomic mass is 9.83. The maximum absolute atomic E-state index is 13.9. The second kappa shape index (κ2) is 13.7. The summed E-state index contributed by atoms with van der Waals surface area (Å²) in [6, 6.07) is 13.6. The number of halogens is 5. The minimum Gasteiger partial charge on any atom is -0.495 e. The van der Waals surface area contributed by atoms with Crippen LogP contribution in [0, 0.1) is 11.8 Å². The molecule has 2 aromatic rings. The highest BCUT2D eigenvalue weighted by molar-refractivity contribution is 6.20. The molecule has 3 rings (SSSR count). The number of rotatable bonds is 11. The molecule has 44 heavy (non-hydrogen) atoms. The molecule has 0 aromatic heterocycles. The summed E-state index contributed by atoms with van der Waals surface area (Å²) in [5.41, 5.74) is 0.416. The highest BCUT2D eigenvalue weighted by Crippen LogP contribution is 2.35. The largest absolute Gasteiger partial charge is 0.495 e. The number of alkyl halides is 5. The standard InChI is InChI=1S/C31H36F5N3O5/c1-29(2,3)44-28(42)20(14-16-30(4,32)33)19(15-17-31(34,35)36)26(40)39-25-27(41)38-24-21(12-9-13-22(24)43-5)23(37-25)18-10-7-6-8-11-18/h6-13,19-20,25H,14-17H2,1-5H3,(H,38,41)(H,39,40). The molecular weight excluding hydrogens is 589 g/mol. The smallest absolute Gasteiger partial charge is 0.389 e. The molecule has 0 saturated carbocycles. The Hall–Kier alpha value is -4.03. The third-order valence-electron chi connectivity index (χ3n) is 6.75. The van der Waals surface area contributed by atoms with Crippen LogP contribution in [0.5, 0.6) is 5.75 Å². The third-order valence-corrected chi connectivity index (χ3v) is 6.75. The first kappa shape index (κ1) is 34.5. The molecule has 0 fully saturated rings. The first-order chi connectivity index (χ1) is 20.4. The minimum absolute atomic E-state index is 0.254. The second-order valence-electron chi connectivity index (χ2n) is 11.6. The van der Waals surface area contributed by atoms with Crippen LogP contribution in [-0.4, -0.2) is 54.5 Å². The molecule has 1 aliphatic rings. The molecule has 3 unspecified atom stereocenters. The van der Waals surface area contributed by atoms with Gasteiger partial charge in [-0.2, -0.15) is 13.2 Å². The van der Waals surface area contributed by atoms with Crippen LogP contribution in [0.3, 0.4) is 0 Å². The van der Waals surface area contributed by atoms with Crippen molar-refractivity contribution < 1.29 is 45.8 Å². The number of carbonyl (C=O) groups excluding carboxylic acids is 3. The maximum atomic E-state index is 13.9. The van der Waals surface area contributed by atoms with Gasteiger partial charge < -0.3 is 20.1 Å². The minimum atomic E-state index is -4.72. The van der Waals surface area contributed by atoms with Crippen molar-refractivity contribution in [1.82, 2.24) is 5.32 Å². The van der Waals surface area contributed by atoms with E-state index in [0.717, 1.165) is 0 Å². The zero-order valence-corrected chi connectivity index (χ0v) is 25.1. The number of benzodiazepines with no additional fused rings is 1. The number of hydrogen-bond donors (Lipinski definition) is 2. The van der Waals surface area contributed by atoms with E-state index < -0.39 is 79.2 Å². The van der Waals surface area contributed by atoms with E-state index in [-0.39, 0.29) is 11.4 Å². The van der Waals surface area contributed by atoms with Gasteiger partial charge in [0.15, 0.2) is 0 Å². The number of esters is 1. The zero-order chi connectivity index (χ0) is 32.9. The lowest BCUT2D eigenvalue weighted by Gasteiger charge is -2.30. The first-order valence-electron chi connectivity index (χ1n) is 14.0. The van der Waals surface area contributed by atoms with Gasteiger partial charge in [0.1, 0.15) is 11.4 Å². The molecule has 240 valence electrons. The molecule has 3 atom stereocenters. The Morgan fingerprint density at radius 1 is 0.932 bits per heavy atom. The summed E-state index contributed by atoms with van der Waals surface area (Å²) in [6.45, 7) is 5.11. The number of para-hydroxylation sites is 1. The van der Waals surface area contributed by atoms with E-state index >= 15 is 0 Å². The molecule has 2 N–H and O–H groups in total. The zero-order valence-electron chi connectivity index (χ0n) is 25.1. The number of ether oxygens (including phenoxy) is 2. The maximum Gasteiger partial charge on any atom is 0.389 e. The van der Waals surface area contributed by atoms with Crippen LogP contribution in [0.2, 0.25) is 0 Å². The normalized spacial score (nSPS) is 16.9. The fourth-order valence-electron chi connectivity index (χ4n) is 4.75. The SMILES string of the molecule is COc1cccc2c1NC(=O)C(NC(=O)C(CCC(F)(F)F)C(CCC(C)(F)F)C(=O)OC(C)(C)C)N=C2c1ccccc1. The van der Waals surface area contributed by atoms with Gasteiger partial charge in [-0.3, -0.25) is 14.4 Å². The number of hydrogen-bond acceptors (Lipinski definition) is 6. The van der Waals surface area contributed by atoms with Gasteiger partial charge in [-0.1, -0.05) is 42.5 Å². The molecule has 2 amide bonds. The third kappa shape index (κ3) is 9.75. The predicted molar refractivity (Wildman–Crippen MR) is 154 cm³/mol. The average Bonchev–Trinajstić information content (AvgIpc) is 3.04. The molecule has 2 aromatic carbocycles. The number of benzene rings is 2. The molecule has 0 saturated heterocycles. The summed E-state index contributed by atoms with van der Waals surface area (Å²) in [5.74, 6) is -9.48.